The van der Waals surface area contributed by atoms with Crippen molar-refractivity contribution in [3.8, 4) is 0 Å². The molecule has 2 nitrogen and oxygen atoms in total. The minimum Gasteiger partial charge on any atom is -0.329 e. The number of hydrogen-bond acceptors (Lipinski definition) is 2. The Morgan fingerprint density at radius 2 is 1.79 bits per heavy atom. The molecule has 0 radical (unpaired) electrons. The quantitative estimate of drug-likeness (QED) is 0.776. The second kappa shape index (κ2) is 5.57. The molecular formula is C15H16ClFN2. The SMILES string of the molecule is Cc1cc(C)cc(N(C)c2ncc(F)cc2CCl)c1. The highest BCUT2D eigenvalue weighted by atomic mass is 35.5. The lowest BCUT2D eigenvalue weighted by Gasteiger charge is -2.21. The van der Waals surface area contributed by atoms with Crippen molar-refractivity contribution in [2.45, 2.75) is 19.7 Å². The minimum atomic E-state index is -0.367. The Morgan fingerprint density at radius 1 is 1.16 bits per heavy atom. The van der Waals surface area contributed by atoms with Crippen LogP contribution in [0.1, 0.15) is 16.7 Å². The maximum atomic E-state index is 13.2. The summed E-state index contributed by atoms with van der Waals surface area (Å²) in [6.45, 7) is 4.09. The molecule has 0 unspecified atom stereocenters. The summed E-state index contributed by atoms with van der Waals surface area (Å²) < 4.78 is 13.2. The van der Waals surface area contributed by atoms with E-state index in [0.717, 1.165) is 5.69 Å². The maximum absolute atomic E-state index is 13.2. The van der Waals surface area contributed by atoms with Crippen LogP contribution in [0.5, 0.6) is 0 Å². The van der Waals surface area contributed by atoms with Gasteiger partial charge in [0.25, 0.3) is 0 Å². The standard InChI is InChI=1S/C15H16ClFN2/c1-10-4-11(2)6-14(5-10)19(3)15-12(8-16)7-13(17)9-18-15/h4-7,9H,8H2,1-3H3. The van der Waals surface area contributed by atoms with Gasteiger partial charge in [-0.3, -0.25) is 0 Å². The lowest BCUT2D eigenvalue weighted by Crippen LogP contribution is -2.14. The summed E-state index contributed by atoms with van der Waals surface area (Å²) in [5.74, 6) is 0.546. The van der Waals surface area contributed by atoms with Gasteiger partial charge in [-0.2, -0.15) is 0 Å². The van der Waals surface area contributed by atoms with Crippen molar-refractivity contribution in [3.05, 3.63) is 53.0 Å². The molecule has 100 valence electrons. The van der Waals surface area contributed by atoms with Crippen molar-refractivity contribution in [1.29, 1.82) is 0 Å². The molecule has 0 aliphatic heterocycles. The Bertz CT molecular complexity index is 578. The average molecular weight is 279 g/mol. The van der Waals surface area contributed by atoms with Gasteiger partial charge in [-0.15, -0.1) is 11.6 Å². The van der Waals surface area contributed by atoms with Crippen LogP contribution in [0, 0.1) is 19.7 Å². The fourth-order valence-corrected chi connectivity index (χ4v) is 2.34. The Labute approximate surface area is 117 Å². The van der Waals surface area contributed by atoms with Crippen LogP contribution in [0.15, 0.2) is 30.5 Å². The molecule has 1 heterocycles. The number of aryl methyl sites for hydroxylation is 2. The molecule has 0 spiro atoms. The molecule has 0 N–H and O–H groups in total. The number of pyridine rings is 1. The van der Waals surface area contributed by atoms with E-state index in [2.05, 4.69) is 23.2 Å². The van der Waals surface area contributed by atoms with Crippen LogP contribution in [0.25, 0.3) is 0 Å². The molecule has 0 aliphatic rings. The van der Waals surface area contributed by atoms with E-state index >= 15 is 0 Å². The van der Waals surface area contributed by atoms with Crippen molar-refractivity contribution in [3.63, 3.8) is 0 Å². The number of alkyl halides is 1. The van der Waals surface area contributed by atoms with Crippen molar-refractivity contribution in [2.75, 3.05) is 11.9 Å². The van der Waals surface area contributed by atoms with Gasteiger partial charge in [0, 0.05) is 18.3 Å². The summed E-state index contributed by atoms with van der Waals surface area (Å²) in [5.41, 5.74) is 4.05. The van der Waals surface area contributed by atoms with Crippen LogP contribution in [0.4, 0.5) is 15.9 Å². The van der Waals surface area contributed by atoms with Gasteiger partial charge in [0.2, 0.25) is 0 Å². The number of nitrogens with zero attached hydrogens (tertiary/aromatic N) is 2. The molecule has 2 rings (SSSR count). The summed E-state index contributed by atoms with van der Waals surface area (Å²) in [5, 5.41) is 0. The molecule has 0 aliphatic carbocycles. The van der Waals surface area contributed by atoms with Gasteiger partial charge in [0.05, 0.1) is 12.1 Å². The zero-order valence-corrected chi connectivity index (χ0v) is 12.0. The third-order valence-corrected chi connectivity index (χ3v) is 3.25. The van der Waals surface area contributed by atoms with Gasteiger partial charge in [-0.1, -0.05) is 6.07 Å². The first-order valence-electron chi connectivity index (χ1n) is 6.03. The number of rotatable bonds is 3. The number of halogens is 2. The molecule has 0 saturated carbocycles. The Balaban J connectivity index is 2.46. The maximum Gasteiger partial charge on any atom is 0.141 e. The molecule has 19 heavy (non-hydrogen) atoms. The first-order chi connectivity index (χ1) is 9.01. The molecule has 1 aromatic heterocycles. The second-order valence-corrected chi connectivity index (χ2v) is 4.94. The lowest BCUT2D eigenvalue weighted by molar-refractivity contribution is 0.619. The summed E-state index contributed by atoms with van der Waals surface area (Å²) in [6.07, 6.45) is 1.21. The zero-order valence-electron chi connectivity index (χ0n) is 11.2. The average Bonchev–Trinajstić information content (AvgIpc) is 2.36. The molecule has 2 aromatic rings. The fraction of sp³-hybridized carbons (Fsp3) is 0.267. The van der Waals surface area contributed by atoms with E-state index < -0.39 is 0 Å². The van der Waals surface area contributed by atoms with E-state index in [4.69, 9.17) is 11.6 Å². The van der Waals surface area contributed by atoms with Crippen molar-refractivity contribution < 1.29 is 4.39 Å². The van der Waals surface area contributed by atoms with Gasteiger partial charge in [0.1, 0.15) is 11.6 Å². The van der Waals surface area contributed by atoms with Gasteiger partial charge in [0.15, 0.2) is 0 Å². The highest BCUT2D eigenvalue weighted by Gasteiger charge is 2.12. The third-order valence-electron chi connectivity index (χ3n) is 2.96. The minimum absolute atomic E-state index is 0.231. The van der Waals surface area contributed by atoms with Gasteiger partial charge >= 0.3 is 0 Å². The number of hydrogen-bond donors (Lipinski definition) is 0. The van der Waals surface area contributed by atoms with E-state index in [1.165, 1.54) is 23.4 Å². The van der Waals surface area contributed by atoms with E-state index in [0.29, 0.717) is 11.4 Å². The van der Waals surface area contributed by atoms with Crippen LogP contribution in [-0.2, 0) is 5.88 Å². The predicted octanol–water partition coefficient (Wildman–Crippen LogP) is 4.34. The summed E-state index contributed by atoms with van der Waals surface area (Å²) in [6, 6.07) is 7.67. The van der Waals surface area contributed by atoms with Gasteiger partial charge in [-0.05, 0) is 43.2 Å². The number of aromatic nitrogens is 1. The van der Waals surface area contributed by atoms with E-state index in [9.17, 15) is 4.39 Å². The molecule has 0 atom stereocenters. The second-order valence-electron chi connectivity index (χ2n) is 4.67. The van der Waals surface area contributed by atoms with Crippen molar-refractivity contribution >= 4 is 23.1 Å². The van der Waals surface area contributed by atoms with Crippen LogP contribution in [-0.4, -0.2) is 12.0 Å². The summed E-state index contributed by atoms with van der Waals surface area (Å²) in [4.78, 5) is 6.08. The third kappa shape index (κ3) is 3.04. The monoisotopic (exact) mass is 278 g/mol. The van der Waals surface area contributed by atoms with Gasteiger partial charge in [-0.25, -0.2) is 9.37 Å². The molecule has 0 bridgehead atoms. The molecular weight excluding hydrogens is 263 g/mol. The Kier molecular flexibility index (Phi) is 4.05. The molecule has 1 aromatic carbocycles. The fourth-order valence-electron chi connectivity index (χ4n) is 2.14. The highest BCUT2D eigenvalue weighted by Crippen LogP contribution is 2.28. The molecule has 4 heteroatoms. The summed E-state index contributed by atoms with van der Waals surface area (Å²) >= 11 is 5.86. The first-order valence-corrected chi connectivity index (χ1v) is 6.57. The molecule has 0 fully saturated rings. The van der Waals surface area contributed by atoms with Crippen molar-refractivity contribution in [1.82, 2.24) is 4.98 Å². The topological polar surface area (TPSA) is 16.1 Å². The molecule has 0 amide bonds. The van der Waals surface area contributed by atoms with E-state index in [1.807, 2.05) is 25.8 Å². The smallest absolute Gasteiger partial charge is 0.141 e. The van der Waals surface area contributed by atoms with E-state index in [1.54, 1.807) is 0 Å². The number of benzene rings is 1. The van der Waals surface area contributed by atoms with E-state index in [-0.39, 0.29) is 11.7 Å². The van der Waals surface area contributed by atoms with Crippen LogP contribution < -0.4 is 4.90 Å². The van der Waals surface area contributed by atoms with Crippen LogP contribution >= 0.6 is 11.6 Å². The highest BCUT2D eigenvalue weighted by molar-refractivity contribution is 6.17. The van der Waals surface area contributed by atoms with Crippen LogP contribution in [0.2, 0.25) is 0 Å². The lowest BCUT2D eigenvalue weighted by atomic mass is 10.1. The Morgan fingerprint density at radius 3 is 2.37 bits per heavy atom. The van der Waals surface area contributed by atoms with Crippen molar-refractivity contribution in [2.24, 2.45) is 0 Å². The molecule has 0 saturated heterocycles. The normalized spacial score (nSPS) is 10.6. The zero-order chi connectivity index (χ0) is 14.0. The first kappa shape index (κ1) is 13.8. The van der Waals surface area contributed by atoms with Gasteiger partial charge < -0.3 is 4.90 Å². The summed E-state index contributed by atoms with van der Waals surface area (Å²) in [7, 11) is 1.91. The predicted molar refractivity (Wildman–Crippen MR) is 77.7 cm³/mol. The Hall–Kier alpha value is -1.61. The largest absolute Gasteiger partial charge is 0.329 e. The van der Waals surface area contributed by atoms with Crippen LogP contribution in [0.3, 0.4) is 0 Å². The number of anilines is 2.